The highest BCUT2D eigenvalue weighted by Gasteiger charge is 2.23. The Bertz CT molecular complexity index is 1230. The molecule has 0 unspecified atom stereocenters. The average Bonchev–Trinajstić information content (AvgIpc) is 3.22. The monoisotopic (exact) mass is 450 g/mol. The molecule has 0 saturated carbocycles. The topological polar surface area (TPSA) is 51.7 Å². The number of halogens is 1. The number of hydrogen-bond acceptors (Lipinski definition) is 5. The Morgan fingerprint density at radius 3 is 2.47 bits per heavy atom. The number of aromatic nitrogens is 1. The molecule has 0 fully saturated rings. The van der Waals surface area contributed by atoms with E-state index in [0.29, 0.717) is 52.2 Å². The molecule has 0 aliphatic rings. The summed E-state index contributed by atoms with van der Waals surface area (Å²) in [6.07, 6.45) is 0. The molecule has 32 heavy (non-hydrogen) atoms. The fraction of sp³-hybridized carbons (Fsp3) is 0.200. The van der Waals surface area contributed by atoms with Crippen LogP contribution < -0.4 is 14.4 Å². The standard InChI is InChI=1S/C25H23FN2O3S/c1-3-30-21-13-10-18(14-22(21)31-4-2)24(29)28(16-17-8-6-5-7-9-17)25-27-20-12-11-19(26)15-23(20)32-25/h5-15H,3-4,16H2,1-2H3. The number of thiazole rings is 1. The molecule has 0 aliphatic heterocycles. The molecule has 164 valence electrons. The lowest BCUT2D eigenvalue weighted by Gasteiger charge is -2.21. The predicted octanol–water partition coefficient (Wildman–Crippen LogP) is 6.08. The number of hydrogen-bond donors (Lipinski definition) is 0. The maximum Gasteiger partial charge on any atom is 0.260 e. The van der Waals surface area contributed by atoms with Gasteiger partial charge in [0.2, 0.25) is 0 Å². The van der Waals surface area contributed by atoms with Gasteiger partial charge in [-0.2, -0.15) is 0 Å². The third-order valence-electron chi connectivity index (χ3n) is 4.79. The van der Waals surface area contributed by atoms with Crippen LogP contribution in [0, 0.1) is 5.82 Å². The van der Waals surface area contributed by atoms with Crippen molar-refractivity contribution in [2.75, 3.05) is 18.1 Å². The van der Waals surface area contributed by atoms with Gasteiger partial charge in [0.1, 0.15) is 5.82 Å². The Balaban J connectivity index is 1.75. The summed E-state index contributed by atoms with van der Waals surface area (Å²) in [5.74, 6) is 0.557. The molecule has 0 atom stereocenters. The maximum absolute atomic E-state index is 13.7. The van der Waals surface area contributed by atoms with Crippen LogP contribution >= 0.6 is 11.3 Å². The highest BCUT2D eigenvalue weighted by Crippen LogP contribution is 2.33. The van der Waals surface area contributed by atoms with Crippen LogP contribution in [0.15, 0.2) is 66.7 Å². The summed E-state index contributed by atoms with van der Waals surface area (Å²) in [4.78, 5) is 19.9. The van der Waals surface area contributed by atoms with Gasteiger partial charge in [0.25, 0.3) is 5.91 Å². The van der Waals surface area contributed by atoms with Crippen molar-refractivity contribution in [3.8, 4) is 11.5 Å². The first-order valence-electron chi connectivity index (χ1n) is 10.4. The number of fused-ring (bicyclic) bond motifs is 1. The van der Waals surface area contributed by atoms with Crippen LogP contribution in [0.5, 0.6) is 11.5 Å². The Hall–Kier alpha value is -3.45. The predicted molar refractivity (Wildman–Crippen MR) is 125 cm³/mol. The number of carbonyl (C=O) groups is 1. The minimum atomic E-state index is -0.332. The molecule has 0 spiro atoms. The Morgan fingerprint density at radius 1 is 0.969 bits per heavy atom. The van der Waals surface area contributed by atoms with Gasteiger partial charge >= 0.3 is 0 Å². The second-order valence-corrected chi connectivity index (χ2v) is 8.02. The van der Waals surface area contributed by atoms with E-state index in [9.17, 15) is 9.18 Å². The SMILES string of the molecule is CCOc1ccc(C(=O)N(Cc2ccccc2)c2nc3ccc(F)cc3s2)cc1OCC. The Kier molecular flexibility index (Phi) is 6.66. The van der Waals surface area contributed by atoms with Crippen LogP contribution in [0.4, 0.5) is 9.52 Å². The summed E-state index contributed by atoms with van der Waals surface area (Å²) in [5.41, 5.74) is 2.07. The van der Waals surface area contributed by atoms with Gasteiger partial charge < -0.3 is 9.47 Å². The highest BCUT2D eigenvalue weighted by atomic mass is 32.1. The molecule has 3 aromatic carbocycles. The number of anilines is 1. The van der Waals surface area contributed by atoms with E-state index in [-0.39, 0.29) is 11.7 Å². The van der Waals surface area contributed by atoms with E-state index in [0.717, 1.165) is 5.56 Å². The van der Waals surface area contributed by atoms with Gasteiger partial charge in [0, 0.05) is 5.56 Å². The van der Waals surface area contributed by atoms with Crippen LogP contribution in [-0.2, 0) is 6.54 Å². The Labute approximate surface area is 190 Å². The Morgan fingerprint density at radius 2 is 1.72 bits per heavy atom. The molecular formula is C25H23FN2O3S. The first-order valence-corrected chi connectivity index (χ1v) is 11.2. The third kappa shape index (κ3) is 4.73. The van der Waals surface area contributed by atoms with Gasteiger partial charge in [0.15, 0.2) is 16.6 Å². The minimum Gasteiger partial charge on any atom is -0.490 e. The number of ether oxygens (including phenoxy) is 2. The molecule has 0 radical (unpaired) electrons. The van der Waals surface area contributed by atoms with Crippen molar-refractivity contribution in [3.05, 3.63) is 83.7 Å². The molecule has 0 saturated heterocycles. The van der Waals surface area contributed by atoms with Crippen LogP contribution in [-0.4, -0.2) is 24.1 Å². The lowest BCUT2D eigenvalue weighted by Crippen LogP contribution is -2.30. The molecular weight excluding hydrogens is 427 g/mol. The number of nitrogens with zero attached hydrogens (tertiary/aromatic N) is 2. The van der Waals surface area contributed by atoms with Crippen LogP contribution in [0.1, 0.15) is 29.8 Å². The van der Waals surface area contributed by atoms with Crippen molar-refractivity contribution in [2.45, 2.75) is 20.4 Å². The molecule has 4 aromatic rings. The average molecular weight is 451 g/mol. The summed E-state index contributed by atoms with van der Waals surface area (Å²) in [6.45, 7) is 5.06. The zero-order chi connectivity index (χ0) is 22.5. The van der Waals surface area contributed by atoms with Crippen molar-refractivity contribution in [1.82, 2.24) is 4.98 Å². The molecule has 1 aromatic heterocycles. The molecule has 7 heteroatoms. The van der Waals surface area contributed by atoms with Gasteiger partial charge in [-0.05, 0) is 55.8 Å². The maximum atomic E-state index is 13.7. The number of rotatable bonds is 8. The summed E-state index contributed by atoms with van der Waals surface area (Å²) in [6, 6.07) is 19.3. The molecule has 0 N–H and O–H groups in total. The summed E-state index contributed by atoms with van der Waals surface area (Å²) in [5, 5.41) is 0.506. The fourth-order valence-corrected chi connectivity index (χ4v) is 4.32. The van der Waals surface area contributed by atoms with E-state index in [1.165, 1.54) is 23.5 Å². The molecule has 5 nitrogen and oxygen atoms in total. The van der Waals surface area contributed by atoms with Crippen LogP contribution in [0.25, 0.3) is 10.2 Å². The normalized spacial score (nSPS) is 10.8. The summed E-state index contributed by atoms with van der Waals surface area (Å²) < 4.78 is 25.7. The van der Waals surface area contributed by atoms with Gasteiger partial charge in [-0.15, -0.1) is 0 Å². The largest absolute Gasteiger partial charge is 0.490 e. The molecule has 0 aliphatic carbocycles. The molecule has 4 rings (SSSR count). The van der Waals surface area contributed by atoms with E-state index in [1.807, 2.05) is 44.2 Å². The van der Waals surface area contributed by atoms with Crippen molar-refractivity contribution < 1.29 is 18.7 Å². The van der Waals surface area contributed by atoms with Crippen LogP contribution in [0.3, 0.4) is 0 Å². The summed E-state index contributed by atoms with van der Waals surface area (Å²) in [7, 11) is 0. The van der Waals surface area contributed by atoms with Crippen molar-refractivity contribution >= 4 is 32.6 Å². The van der Waals surface area contributed by atoms with Gasteiger partial charge in [-0.25, -0.2) is 9.37 Å². The van der Waals surface area contributed by atoms with E-state index in [4.69, 9.17) is 9.47 Å². The molecule has 1 heterocycles. The number of carbonyl (C=O) groups excluding carboxylic acids is 1. The molecule has 1 amide bonds. The quantitative estimate of drug-likeness (QED) is 0.326. The van der Waals surface area contributed by atoms with Crippen molar-refractivity contribution in [2.24, 2.45) is 0 Å². The first kappa shape index (κ1) is 21.8. The fourth-order valence-electron chi connectivity index (χ4n) is 3.33. The first-order chi connectivity index (χ1) is 15.6. The van der Waals surface area contributed by atoms with Gasteiger partial charge in [-0.1, -0.05) is 41.7 Å². The zero-order valence-electron chi connectivity index (χ0n) is 17.9. The highest BCUT2D eigenvalue weighted by molar-refractivity contribution is 7.22. The second-order valence-electron chi connectivity index (χ2n) is 7.01. The lowest BCUT2D eigenvalue weighted by atomic mass is 10.1. The van der Waals surface area contributed by atoms with E-state index >= 15 is 0 Å². The minimum absolute atomic E-state index is 0.225. The second kappa shape index (κ2) is 9.78. The smallest absolute Gasteiger partial charge is 0.260 e. The van der Waals surface area contributed by atoms with Gasteiger partial charge in [-0.3, -0.25) is 9.69 Å². The summed E-state index contributed by atoms with van der Waals surface area (Å²) >= 11 is 1.29. The van der Waals surface area contributed by atoms with E-state index in [2.05, 4.69) is 4.98 Å². The lowest BCUT2D eigenvalue weighted by molar-refractivity contribution is 0.0984. The number of amides is 1. The van der Waals surface area contributed by atoms with E-state index in [1.54, 1.807) is 29.2 Å². The van der Waals surface area contributed by atoms with Crippen molar-refractivity contribution in [1.29, 1.82) is 0 Å². The van der Waals surface area contributed by atoms with Gasteiger partial charge in [0.05, 0.1) is 30.0 Å². The third-order valence-corrected chi connectivity index (χ3v) is 5.83. The van der Waals surface area contributed by atoms with Crippen molar-refractivity contribution in [3.63, 3.8) is 0 Å². The van der Waals surface area contributed by atoms with E-state index < -0.39 is 0 Å². The molecule has 0 bridgehead atoms. The number of benzene rings is 3. The zero-order valence-corrected chi connectivity index (χ0v) is 18.7. The van der Waals surface area contributed by atoms with Crippen LogP contribution in [0.2, 0.25) is 0 Å².